The summed E-state index contributed by atoms with van der Waals surface area (Å²) < 4.78 is 0. The monoisotopic (exact) mass is 204 g/mol. The lowest BCUT2D eigenvalue weighted by Crippen LogP contribution is -2.23. The molecule has 0 saturated heterocycles. The van der Waals surface area contributed by atoms with Crippen molar-refractivity contribution in [1.29, 1.82) is 0 Å². The summed E-state index contributed by atoms with van der Waals surface area (Å²) in [4.78, 5) is 0. The molecule has 1 aliphatic heterocycles. The molecular weight excluding hydrogens is 184 g/mol. The van der Waals surface area contributed by atoms with Gasteiger partial charge in [-0.1, -0.05) is 31.2 Å². The first-order chi connectivity index (χ1) is 7.42. The average molecular weight is 204 g/mol. The molecule has 1 aromatic rings. The van der Waals surface area contributed by atoms with Gasteiger partial charge < -0.3 is 10.6 Å². The van der Waals surface area contributed by atoms with Crippen molar-refractivity contribution in [2.24, 2.45) is 0 Å². The van der Waals surface area contributed by atoms with Gasteiger partial charge in [-0.3, -0.25) is 0 Å². The van der Waals surface area contributed by atoms with Crippen LogP contribution in [-0.4, -0.2) is 13.1 Å². The number of hydrogen-bond donors (Lipinski definition) is 2. The molecule has 1 heterocycles. The van der Waals surface area contributed by atoms with Gasteiger partial charge in [0.15, 0.2) is 0 Å². The number of rotatable bonds is 3. The number of nitrogens with one attached hydrogen (secondary N) is 2. The van der Waals surface area contributed by atoms with Crippen molar-refractivity contribution in [2.75, 3.05) is 13.1 Å². The van der Waals surface area contributed by atoms with Crippen molar-refractivity contribution in [3.8, 4) is 0 Å². The Kier molecular flexibility index (Phi) is 3.75. The zero-order valence-electron chi connectivity index (χ0n) is 9.42. The molecule has 2 heteroatoms. The summed E-state index contributed by atoms with van der Waals surface area (Å²) in [6, 6.07) is 9.30. The van der Waals surface area contributed by atoms with Gasteiger partial charge in [0.2, 0.25) is 0 Å². The van der Waals surface area contributed by atoms with Crippen molar-refractivity contribution >= 4 is 0 Å². The highest BCUT2D eigenvalue weighted by Gasteiger charge is 2.16. The maximum absolute atomic E-state index is 3.63. The van der Waals surface area contributed by atoms with Crippen LogP contribution >= 0.6 is 0 Å². The molecule has 1 atom stereocenters. The Hall–Kier alpha value is -0.860. The van der Waals surface area contributed by atoms with Gasteiger partial charge in [0, 0.05) is 12.6 Å². The summed E-state index contributed by atoms with van der Waals surface area (Å²) in [5.74, 6) is 0. The van der Waals surface area contributed by atoms with Crippen LogP contribution in [0.25, 0.3) is 0 Å². The fourth-order valence-corrected chi connectivity index (χ4v) is 2.19. The van der Waals surface area contributed by atoms with E-state index in [0.29, 0.717) is 6.04 Å². The smallest absolute Gasteiger partial charge is 0.0335 e. The van der Waals surface area contributed by atoms with Crippen LogP contribution in [0.1, 0.15) is 36.9 Å². The Balaban J connectivity index is 2.17. The quantitative estimate of drug-likeness (QED) is 0.789. The van der Waals surface area contributed by atoms with E-state index in [-0.39, 0.29) is 0 Å². The average Bonchev–Trinajstić information content (AvgIpc) is 2.49. The summed E-state index contributed by atoms with van der Waals surface area (Å²) in [6.07, 6.45) is 2.39. The van der Waals surface area contributed by atoms with Crippen molar-refractivity contribution < 1.29 is 0 Å². The Morgan fingerprint density at radius 3 is 3.13 bits per heavy atom. The predicted octanol–water partition coefficient (Wildman–Crippen LogP) is 2.22. The van der Waals surface area contributed by atoms with Crippen LogP contribution < -0.4 is 10.6 Å². The van der Waals surface area contributed by atoms with Crippen LogP contribution in [0.15, 0.2) is 24.3 Å². The molecule has 2 nitrogen and oxygen atoms in total. The third-order valence-electron chi connectivity index (χ3n) is 3.00. The van der Waals surface area contributed by atoms with Crippen LogP contribution in [0.3, 0.4) is 0 Å². The van der Waals surface area contributed by atoms with Gasteiger partial charge in [-0.15, -0.1) is 0 Å². The topological polar surface area (TPSA) is 24.1 Å². The molecule has 1 aromatic carbocycles. The van der Waals surface area contributed by atoms with Crippen molar-refractivity contribution in [3.05, 3.63) is 35.4 Å². The molecule has 0 spiro atoms. The van der Waals surface area contributed by atoms with Gasteiger partial charge in [0.05, 0.1) is 0 Å². The van der Waals surface area contributed by atoms with Gasteiger partial charge in [0.1, 0.15) is 0 Å². The third kappa shape index (κ3) is 2.58. The zero-order valence-corrected chi connectivity index (χ0v) is 9.42. The lowest BCUT2D eigenvalue weighted by Gasteiger charge is -2.18. The van der Waals surface area contributed by atoms with Gasteiger partial charge in [-0.2, -0.15) is 0 Å². The van der Waals surface area contributed by atoms with Crippen molar-refractivity contribution in [1.82, 2.24) is 10.6 Å². The summed E-state index contributed by atoms with van der Waals surface area (Å²) >= 11 is 0. The van der Waals surface area contributed by atoms with Crippen LogP contribution in [0, 0.1) is 0 Å². The maximum Gasteiger partial charge on any atom is 0.0335 e. The Labute approximate surface area is 92.1 Å². The summed E-state index contributed by atoms with van der Waals surface area (Å²) in [7, 11) is 0. The van der Waals surface area contributed by atoms with Gasteiger partial charge in [-0.25, -0.2) is 0 Å². The second-order valence-electron chi connectivity index (χ2n) is 4.17. The van der Waals surface area contributed by atoms with E-state index >= 15 is 0 Å². The molecule has 1 aliphatic rings. The molecule has 0 aliphatic carbocycles. The Bertz CT molecular complexity index is 309. The number of hydrogen-bond acceptors (Lipinski definition) is 2. The molecular formula is C13H20N2. The first-order valence-electron chi connectivity index (χ1n) is 5.93. The molecule has 0 fully saturated rings. The Morgan fingerprint density at radius 2 is 2.27 bits per heavy atom. The summed E-state index contributed by atoms with van der Waals surface area (Å²) in [5, 5.41) is 7.10. The highest BCUT2D eigenvalue weighted by atomic mass is 14.9. The lowest BCUT2D eigenvalue weighted by atomic mass is 9.99. The molecule has 0 saturated carbocycles. The SMILES string of the molecule is CCCNC1CCNCc2ccccc21. The molecule has 0 aromatic heterocycles. The minimum absolute atomic E-state index is 0.538. The number of fused-ring (bicyclic) bond motifs is 1. The van der Waals surface area contributed by atoms with E-state index in [4.69, 9.17) is 0 Å². The largest absolute Gasteiger partial charge is 0.313 e. The molecule has 1 unspecified atom stereocenters. The Morgan fingerprint density at radius 1 is 1.40 bits per heavy atom. The highest BCUT2D eigenvalue weighted by Crippen LogP contribution is 2.23. The molecule has 2 N–H and O–H groups in total. The van der Waals surface area contributed by atoms with Gasteiger partial charge >= 0.3 is 0 Å². The van der Waals surface area contributed by atoms with E-state index in [1.54, 1.807) is 0 Å². The van der Waals surface area contributed by atoms with Crippen LogP contribution in [0.2, 0.25) is 0 Å². The first-order valence-corrected chi connectivity index (χ1v) is 5.93. The maximum atomic E-state index is 3.63. The lowest BCUT2D eigenvalue weighted by molar-refractivity contribution is 0.496. The predicted molar refractivity (Wildman–Crippen MR) is 63.8 cm³/mol. The standard InChI is InChI=1S/C13H20N2/c1-2-8-15-13-7-9-14-10-11-5-3-4-6-12(11)13/h3-6,13-15H,2,7-10H2,1H3. The fraction of sp³-hybridized carbons (Fsp3) is 0.538. The second-order valence-corrected chi connectivity index (χ2v) is 4.17. The second kappa shape index (κ2) is 5.29. The minimum atomic E-state index is 0.538. The normalized spacial score (nSPS) is 20.7. The van der Waals surface area contributed by atoms with E-state index in [9.17, 15) is 0 Å². The first kappa shape index (κ1) is 10.7. The van der Waals surface area contributed by atoms with Crippen molar-refractivity contribution in [2.45, 2.75) is 32.4 Å². The van der Waals surface area contributed by atoms with E-state index in [1.807, 2.05) is 0 Å². The van der Waals surface area contributed by atoms with Crippen LogP contribution in [0.4, 0.5) is 0 Å². The van der Waals surface area contributed by atoms with Crippen molar-refractivity contribution in [3.63, 3.8) is 0 Å². The summed E-state index contributed by atoms with van der Waals surface area (Å²) in [5.41, 5.74) is 2.93. The number of benzene rings is 1. The van der Waals surface area contributed by atoms with E-state index in [1.165, 1.54) is 24.0 Å². The van der Waals surface area contributed by atoms with E-state index < -0.39 is 0 Å². The molecule has 82 valence electrons. The molecule has 0 radical (unpaired) electrons. The van der Waals surface area contributed by atoms with Crippen LogP contribution in [0.5, 0.6) is 0 Å². The molecule has 0 amide bonds. The molecule has 0 bridgehead atoms. The third-order valence-corrected chi connectivity index (χ3v) is 3.00. The van der Waals surface area contributed by atoms with Crippen LogP contribution in [-0.2, 0) is 6.54 Å². The summed E-state index contributed by atoms with van der Waals surface area (Å²) in [6.45, 7) is 5.45. The van der Waals surface area contributed by atoms with E-state index in [0.717, 1.165) is 19.6 Å². The zero-order chi connectivity index (χ0) is 10.5. The minimum Gasteiger partial charge on any atom is -0.313 e. The fourth-order valence-electron chi connectivity index (χ4n) is 2.19. The van der Waals surface area contributed by atoms with E-state index in [2.05, 4.69) is 41.8 Å². The van der Waals surface area contributed by atoms with Gasteiger partial charge in [-0.05, 0) is 37.1 Å². The highest BCUT2D eigenvalue weighted by molar-refractivity contribution is 5.30. The van der Waals surface area contributed by atoms with Gasteiger partial charge in [0.25, 0.3) is 0 Å². The molecule has 15 heavy (non-hydrogen) atoms. The molecule has 2 rings (SSSR count).